The van der Waals surface area contributed by atoms with Gasteiger partial charge in [0.2, 0.25) is 0 Å². The number of benzene rings is 1. The summed E-state index contributed by atoms with van der Waals surface area (Å²) in [4.78, 5) is 14.0. The SMILES string of the molecule is CCNC(=O)COc1ccc(CN2C[C@H](CN)C[C@H]2C)cc1OC. The topological polar surface area (TPSA) is 76.8 Å². The van der Waals surface area contributed by atoms with Crippen LogP contribution in [-0.4, -0.2) is 50.2 Å². The van der Waals surface area contributed by atoms with E-state index < -0.39 is 0 Å². The van der Waals surface area contributed by atoms with Crippen molar-refractivity contribution in [2.24, 2.45) is 11.7 Å². The molecule has 6 heteroatoms. The molecular weight excluding hydrogens is 306 g/mol. The van der Waals surface area contributed by atoms with Gasteiger partial charge < -0.3 is 20.5 Å². The van der Waals surface area contributed by atoms with Crippen molar-refractivity contribution in [1.82, 2.24) is 10.2 Å². The van der Waals surface area contributed by atoms with E-state index in [1.165, 1.54) is 5.56 Å². The highest BCUT2D eigenvalue weighted by atomic mass is 16.5. The standard InChI is InChI=1S/C18H29N3O3/c1-4-20-18(22)12-24-16-6-5-14(8-17(16)23-3)10-21-11-15(9-19)7-13(21)2/h5-6,8,13,15H,4,7,9-12,19H2,1-3H3,(H,20,22)/t13-,15+/m1/s1. The number of carbonyl (C=O) groups excluding carboxylic acids is 1. The van der Waals surface area contributed by atoms with Crippen LogP contribution < -0.4 is 20.5 Å². The lowest BCUT2D eigenvalue weighted by Gasteiger charge is -2.21. The van der Waals surface area contributed by atoms with E-state index in [4.69, 9.17) is 15.2 Å². The fourth-order valence-corrected chi connectivity index (χ4v) is 3.16. The van der Waals surface area contributed by atoms with E-state index in [2.05, 4.69) is 17.1 Å². The maximum absolute atomic E-state index is 11.5. The molecule has 0 spiro atoms. The number of amides is 1. The highest BCUT2D eigenvalue weighted by Crippen LogP contribution is 2.30. The Hall–Kier alpha value is -1.79. The van der Waals surface area contributed by atoms with Crippen molar-refractivity contribution in [3.63, 3.8) is 0 Å². The number of nitrogens with zero attached hydrogens (tertiary/aromatic N) is 1. The monoisotopic (exact) mass is 335 g/mol. The number of nitrogens with one attached hydrogen (secondary N) is 1. The summed E-state index contributed by atoms with van der Waals surface area (Å²) < 4.78 is 11.0. The molecule has 0 aromatic heterocycles. The number of hydrogen-bond donors (Lipinski definition) is 2. The highest BCUT2D eigenvalue weighted by molar-refractivity contribution is 5.77. The Labute approximate surface area is 144 Å². The molecule has 2 rings (SSSR count). The molecule has 1 saturated heterocycles. The van der Waals surface area contributed by atoms with Crippen molar-refractivity contribution in [2.75, 3.05) is 33.4 Å². The van der Waals surface area contributed by atoms with Gasteiger partial charge in [-0.05, 0) is 50.4 Å². The molecule has 6 nitrogen and oxygen atoms in total. The zero-order valence-corrected chi connectivity index (χ0v) is 14.9. The minimum atomic E-state index is -0.137. The van der Waals surface area contributed by atoms with Gasteiger partial charge in [-0.3, -0.25) is 9.69 Å². The molecule has 134 valence electrons. The first kappa shape index (κ1) is 18.5. The summed E-state index contributed by atoms with van der Waals surface area (Å²) in [6, 6.07) is 6.42. The number of likely N-dealkylation sites (tertiary alicyclic amines) is 1. The van der Waals surface area contributed by atoms with Gasteiger partial charge in [-0.1, -0.05) is 6.07 Å². The maximum Gasteiger partial charge on any atom is 0.257 e. The summed E-state index contributed by atoms with van der Waals surface area (Å²) in [7, 11) is 1.61. The number of ether oxygens (including phenoxy) is 2. The molecule has 1 amide bonds. The maximum atomic E-state index is 11.5. The zero-order chi connectivity index (χ0) is 17.5. The summed E-state index contributed by atoms with van der Waals surface area (Å²) in [5, 5.41) is 2.71. The Balaban J connectivity index is 1.99. The fourth-order valence-electron chi connectivity index (χ4n) is 3.16. The molecule has 0 radical (unpaired) electrons. The third-order valence-electron chi connectivity index (χ3n) is 4.47. The smallest absolute Gasteiger partial charge is 0.257 e. The Kier molecular flexibility index (Phi) is 6.87. The molecule has 0 bridgehead atoms. The minimum absolute atomic E-state index is 0.00904. The molecular formula is C18H29N3O3. The van der Waals surface area contributed by atoms with E-state index in [0.717, 1.165) is 26.1 Å². The molecule has 0 aliphatic carbocycles. The number of methoxy groups -OCH3 is 1. The van der Waals surface area contributed by atoms with E-state index in [0.29, 0.717) is 30.0 Å². The number of likely N-dealkylation sites (N-methyl/N-ethyl adjacent to an activating group) is 1. The average Bonchev–Trinajstić information content (AvgIpc) is 2.93. The normalized spacial score (nSPS) is 20.8. The number of rotatable bonds is 8. The third-order valence-corrected chi connectivity index (χ3v) is 4.47. The predicted octanol–water partition coefficient (Wildman–Crippen LogP) is 1.38. The van der Waals surface area contributed by atoms with Crippen molar-refractivity contribution in [3.05, 3.63) is 23.8 Å². The molecule has 1 heterocycles. The van der Waals surface area contributed by atoms with Gasteiger partial charge in [-0.15, -0.1) is 0 Å². The highest BCUT2D eigenvalue weighted by Gasteiger charge is 2.28. The van der Waals surface area contributed by atoms with Crippen LogP contribution in [0.2, 0.25) is 0 Å². The molecule has 3 N–H and O–H groups in total. The molecule has 1 fully saturated rings. The minimum Gasteiger partial charge on any atom is -0.493 e. The molecule has 1 aliphatic rings. The van der Waals surface area contributed by atoms with Crippen LogP contribution in [0.25, 0.3) is 0 Å². The van der Waals surface area contributed by atoms with Crippen LogP contribution in [0.5, 0.6) is 11.5 Å². The van der Waals surface area contributed by atoms with Crippen LogP contribution in [0.3, 0.4) is 0 Å². The van der Waals surface area contributed by atoms with Gasteiger partial charge in [0.1, 0.15) is 0 Å². The lowest BCUT2D eigenvalue weighted by molar-refractivity contribution is -0.123. The van der Waals surface area contributed by atoms with Gasteiger partial charge in [0.25, 0.3) is 5.91 Å². The predicted molar refractivity (Wildman–Crippen MR) is 94.2 cm³/mol. The molecule has 1 aromatic carbocycles. The van der Waals surface area contributed by atoms with Gasteiger partial charge in [0, 0.05) is 25.7 Å². The first-order chi connectivity index (χ1) is 11.6. The van der Waals surface area contributed by atoms with Crippen LogP contribution in [0.4, 0.5) is 0 Å². The number of nitrogens with two attached hydrogens (primary N) is 1. The summed E-state index contributed by atoms with van der Waals surface area (Å²) in [6.45, 7) is 7.36. The zero-order valence-electron chi connectivity index (χ0n) is 14.9. The van der Waals surface area contributed by atoms with Crippen LogP contribution in [0, 0.1) is 5.92 Å². The molecule has 2 atom stereocenters. The van der Waals surface area contributed by atoms with Crippen molar-refractivity contribution < 1.29 is 14.3 Å². The number of hydrogen-bond acceptors (Lipinski definition) is 5. The lowest BCUT2D eigenvalue weighted by Crippen LogP contribution is -2.28. The summed E-state index contributed by atoms with van der Waals surface area (Å²) in [6.07, 6.45) is 1.15. The molecule has 1 aliphatic heterocycles. The van der Waals surface area contributed by atoms with Gasteiger partial charge in [0.15, 0.2) is 18.1 Å². The second kappa shape index (κ2) is 8.89. The summed E-state index contributed by atoms with van der Waals surface area (Å²) >= 11 is 0. The van der Waals surface area contributed by atoms with Crippen molar-refractivity contribution in [1.29, 1.82) is 0 Å². The second-order valence-electron chi connectivity index (χ2n) is 6.34. The lowest BCUT2D eigenvalue weighted by atomic mass is 10.1. The van der Waals surface area contributed by atoms with Crippen LogP contribution in [0.1, 0.15) is 25.8 Å². The first-order valence-corrected chi connectivity index (χ1v) is 8.57. The largest absolute Gasteiger partial charge is 0.493 e. The fraction of sp³-hybridized carbons (Fsp3) is 0.611. The Morgan fingerprint density at radius 1 is 1.42 bits per heavy atom. The van der Waals surface area contributed by atoms with Crippen molar-refractivity contribution >= 4 is 5.91 Å². The summed E-state index contributed by atoms with van der Waals surface area (Å²) in [5.41, 5.74) is 6.97. The van der Waals surface area contributed by atoms with Crippen LogP contribution >= 0.6 is 0 Å². The van der Waals surface area contributed by atoms with Crippen LogP contribution in [0.15, 0.2) is 18.2 Å². The van der Waals surface area contributed by atoms with Crippen molar-refractivity contribution in [3.8, 4) is 11.5 Å². The van der Waals surface area contributed by atoms with Crippen molar-refractivity contribution in [2.45, 2.75) is 32.9 Å². The van der Waals surface area contributed by atoms with Gasteiger partial charge >= 0.3 is 0 Å². The average molecular weight is 335 g/mol. The van der Waals surface area contributed by atoms with E-state index in [1.54, 1.807) is 7.11 Å². The second-order valence-corrected chi connectivity index (χ2v) is 6.34. The van der Waals surface area contributed by atoms with Gasteiger partial charge in [-0.25, -0.2) is 0 Å². The van der Waals surface area contributed by atoms with E-state index in [-0.39, 0.29) is 12.5 Å². The first-order valence-electron chi connectivity index (χ1n) is 8.57. The number of carbonyl (C=O) groups is 1. The quantitative estimate of drug-likeness (QED) is 0.750. The molecule has 0 saturated carbocycles. The Morgan fingerprint density at radius 3 is 2.83 bits per heavy atom. The van der Waals surface area contributed by atoms with E-state index >= 15 is 0 Å². The molecule has 24 heavy (non-hydrogen) atoms. The van der Waals surface area contributed by atoms with E-state index in [1.807, 2.05) is 25.1 Å². The third kappa shape index (κ3) is 4.85. The van der Waals surface area contributed by atoms with Gasteiger partial charge in [-0.2, -0.15) is 0 Å². The Bertz CT molecular complexity index is 550. The van der Waals surface area contributed by atoms with Crippen LogP contribution in [-0.2, 0) is 11.3 Å². The van der Waals surface area contributed by atoms with Gasteiger partial charge in [0.05, 0.1) is 7.11 Å². The molecule has 0 unspecified atom stereocenters. The summed E-state index contributed by atoms with van der Waals surface area (Å²) in [5.74, 6) is 1.68. The molecule has 1 aromatic rings. The van der Waals surface area contributed by atoms with E-state index in [9.17, 15) is 4.79 Å². The Morgan fingerprint density at radius 2 is 2.21 bits per heavy atom.